The van der Waals surface area contributed by atoms with Gasteiger partial charge in [0.25, 0.3) is 0 Å². The van der Waals surface area contributed by atoms with Crippen LogP contribution in [0.2, 0.25) is 5.02 Å². The van der Waals surface area contributed by atoms with Gasteiger partial charge in [-0.3, -0.25) is 0 Å². The van der Waals surface area contributed by atoms with Crippen molar-refractivity contribution in [2.75, 3.05) is 5.32 Å². The van der Waals surface area contributed by atoms with E-state index in [2.05, 4.69) is 27.9 Å². The highest BCUT2D eigenvalue weighted by Crippen LogP contribution is 2.24. The SMILES string of the molecule is CC(Nc1ccc(I)cc1Cl)C(=O)OC(C)(C)C. The number of hydrogen-bond acceptors (Lipinski definition) is 3. The number of halogens is 2. The van der Waals surface area contributed by atoms with Crippen molar-refractivity contribution in [3.8, 4) is 0 Å². The molecule has 0 aromatic heterocycles. The molecule has 0 aliphatic heterocycles. The van der Waals surface area contributed by atoms with E-state index in [0.717, 1.165) is 9.26 Å². The van der Waals surface area contributed by atoms with Gasteiger partial charge in [0.05, 0.1) is 10.7 Å². The maximum Gasteiger partial charge on any atom is 0.328 e. The second-order valence-electron chi connectivity index (χ2n) is 5.02. The molecule has 0 saturated heterocycles. The van der Waals surface area contributed by atoms with Gasteiger partial charge in [0, 0.05) is 3.57 Å². The summed E-state index contributed by atoms with van der Waals surface area (Å²) in [4.78, 5) is 11.8. The van der Waals surface area contributed by atoms with Crippen LogP contribution in [0, 0.1) is 3.57 Å². The van der Waals surface area contributed by atoms with Crippen molar-refractivity contribution in [2.45, 2.75) is 39.3 Å². The molecule has 1 unspecified atom stereocenters. The smallest absolute Gasteiger partial charge is 0.328 e. The molecule has 1 aromatic carbocycles. The van der Waals surface area contributed by atoms with Gasteiger partial charge >= 0.3 is 5.97 Å². The van der Waals surface area contributed by atoms with E-state index in [4.69, 9.17) is 16.3 Å². The molecule has 0 amide bonds. The van der Waals surface area contributed by atoms with Crippen LogP contribution in [0.15, 0.2) is 18.2 Å². The zero-order valence-electron chi connectivity index (χ0n) is 10.9. The molecule has 1 aromatic rings. The lowest BCUT2D eigenvalue weighted by Gasteiger charge is -2.23. The van der Waals surface area contributed by atoms with Crippen LogP contribution in [0.5, 0.6) is 0 Å². The van der Waals surface area contributed by atoms with Crippen LogP contribution in [-0.2, 0) is 9.53 Å². The number of rotatable bonds is 3. The third-order valence-electron chi connectivity index (χ3n) is 2.06. The van der Waals surface area contributed by atoms with Crippen molar-refractivity contribution < 1.29 is 9.53 Å². The van der Waals surface area contributed by atoms with E-state index in [9.17, 15) is 4.79 Å². The molecule has 3 nitrogen and oxygen atoms in total. The van der Waals surface area contributed by atoms with Crippen molar-refractivity contribution in [3.05, 3.63) is 26.8 Å². The lowest BCUT2D eigenvalue weighted by Crippen LogP contribution is -2.34. The maximum atomic E-state index is 11.8. The molecule has 0 bridgehead atoms. The first-order valence-corrected chi connectivity index (χ1v) is 7.09. The predicted molar refractivity (Wildman–Crippen MR) is 83.1 cm³/mol. The summed E-state index contributed by atoms with van der Waals surface area (Å²) >= 11 is 8.28. The van der Waals surface area contributed by atoms with Crippen LogP contribution in [0.1, 0.15) is 27.7 Å². The van der Waals surface area contributed by atoms with Gasteiger partial charge in [-0.15, -0.1) is 0 Å². The Labute approximate surface area is 126 Å². The number of anilines is 1. The van der Waals surface area contributed by atoms with Crippen molar-refractivity contribution in [1.29, 1.82) is 0 Å². The van der Waals surface area contributed by atoms with Crippen molar-refractivity contribution in [1.82, 2.24) is 0 Å². The van der Waals surface area contributed by atoms with E-state index in [1.807, 2.05) is 39.0 Å². The molecule has 0 saturated carbocycles. The first-order chi connectivity index (χ1) is 8.19. The molecule has 1 N–H and O–H groups in total. The minimum absolute atomic E-state index is 0.294. The summed E-state index contributed by atoms with van der Waals surface area (Å²) in [5.74, 6) is -0.294. The van der Waals surface area contributed by atoms with E-state index in [1.165, 1.54) is 0 Å². The topological polar surface area (TPSA) is 38.3 Å². The summed E-state index contributed by atoms with van der Waals surface area (Å²) in [5, 5.41) is 3.64. The maximum absolute atomic E-state index is 11.8. The molecule has 0 spiro atoms. The lowest BCUT2D eigenvalue weighted by molar-refractivity contribution is -0.155. The zero-order valence-corrected chi connectivity index (χ0v) is 13.8. The molecule has 1 atom stereocenters. The van der Waals surface area contributed by atoms with E-state index < -0.39 is 11.6 Å². The Bertz CT molecular complexity index is 443. The Morgan fingerprint density at radius 3 is 2.56 bits per heavy atom. The van der Waals surface area contributed by atoms with Gasteiger partial charge in [-0.25, -0.2) is 4.79 Å². The van der Waals surface area contributed by atoms with Crippen LogP contribution in [0.4, 0.5) is 5.69 Å². The minimum Gasteiger partial charge on any atom is -0.458 e. The fraction of sp³-hybridized carbons (Fsp3) is 0.462. The lowest BCUT2D eigenvalue weighted by atomic mass is 10.2. The Hall–Kier alpha value is -0.490. The Balaban J connectivity index is 2.69. The second-order valence-corrected chi connectivity index (χ2v) is 6.68. The fourth-order valence-electron chi connectivity index (χ4n) is 1.29. The Morgan fingerprint density at radius 2 is 2.06 bits per heavy atom. The molecule has 0 heterocycles. The van der Waals surface area contributed by atoms with Gasteiger partial charge in [0.15, 0.2) is 0 Å². The summed E-state index contributed by atoms with van der Waals surface area (Å²) < 4.78 is 6.34. The summed E-state index contributed by atoms with van der Waals surface area (Å²) in [7, 11) is 0. The van der Waals surface area contributed by atoms with Crippen molar-refractivity contribution in [2.24, 2.45) is 0 Å². The number of hydrogen-bond donors (Lipinski definition) is 1. The van der Waals surface area contributed by atoms with Crippen LogP contribution < -0.4 is 5.32 Å². The standard InChI is InChI=1S/C13H17ClINO2/c1-8(12(17)18-13(2,3)4)16-11-6-5-9(15)7-10(11)14/h5-8,16H,1-4H3. The molecule has 0 aliphatic rings. The first kappa shape index (κ1) is 15.6. The van der Waals surface area contributed by atoms with Gasteiger partial charge in [0.2, 0.25) is 0 Å². The average Bonchev–Trinajstić information content (AvgIpc) is 2.19. The molecule has 100 valence electrons. The van der Waals surface area contributed by atoms with E-state index >= 15 is 0 Å². The normalized spacial score (nSPS) is 13.0. The van der Waals surface area contributed by atoms with Gasteiger partial charge < -0.3 is 10.1 Å². The largest absolute Gasteiger partial charge is 0.458 e. The predicted octanol–water partition coefficient (Wildman–Crippen LogP) is 4.09. The fourth-order valence-corrected chi connectivity index (χ4v) is 2.20. The summed E-state index contributed by atoms with van der Waals surface area (Å²) in [5.41, 5.74) is 0.249. The number of nitrogens with one attached hydrogen (secondary N) is 1. The Morgan fingerprint density at radius 1 is 1.44 bits per heavy atom. The van der Waals surface area contributed by atoms with Gasteiger partial charge in [-0.05, 0) is 68.5 Å². The number of carbonyl (C=O) groups is 1. The Kier molecular flexibility index (Phi) is 5.28. The van der Waals surface area contributed by atoms with E-state index in [0.29, 0.717) is 5.02 Å². The van der Waals surface area contributed by atoms with Gasteiger partial charge in [0.1, 0.15) is 11.6 Å². The average molecular weight is 382 g/mol. The third-order valence-corrected chi connectivity index (χ3v) is 3.05. The summed E-state index contributed by atoms with van der Waals surface area (Å²) in [6, 6.07) is 5.18. The van der Waals surface area contributed by atoms with Crippen molar-refractivity contribution in [3.63, 3.8) is 0 Å². The molecule has 0 radical (unpaired) electrons. The molecule has 0 fully saturated rings. The number of carbonyl (C=O) groups excluding carboxylic acids is 1. The molecule has 0 aliphatic carbocycles. The van der Waals surface area contributed by atoms with Gasteiger partial charge in [-0.2, -0.15) is 0 Å². The quantitative estimate of drug-likeness (QED) is 0.633. The monoisotopic (exact) mass is 381 g/mol. The molecule has 1 rings (SSSR count). The van der Waals surface area contributed by atoms with Crippen LogP contribution in [0.25, 0.3) is 0 Å². The van der Waals surface area contributed by atoms with E-state index in [-0.39, 0.29) is 5.97 Å². The van der Waals surface area contributed by atoms with Crippen LogP contribution in [0.3, 0.4) is 0 Å². The van der Waals surface area contributed by atoms with Gasteiger partial charge in [-0.1, -0.05) is 11.6 Å². The highest BCUT2D eigenvalue weighted by Gasteiger charge is 2.21. The molecule has 18 heavy (non-hydrogen) atoms. The second kappa shape index (κ2) is 6.10. The number of ether oxygens (including phenoxy) is 1. The molecular weight excluding hydrogens is 365 g/mol. The minimum atomic E-state index is -0.483. The summed E-state index contributed by atoms with van der Waals surface area (Å²) in [6.45, 7) is 7.28. The highest BCUT2D eigenvalue weighted by atomic mass is 127. The zero-order chi connectivity index (χ0) is 13.9. The number of esters is 1. The third kappa shape index (κ3) is 5.02. The molecular formula is C13H17ClINO2. The van der Waals surface area contributed by atoms with Crippen LogP contribution >= 0.6 is 34.2 Å². The summed E-state index contributed by atoms with van der Waals surface area (Å²) in [6.07, 6.45) is 0. The molecule has 5 heteroatoms. The number of benzene rings is 1. The first-order valence-electron chi connectivity index (χ1n) is 5.63. The highest BCUT2D eigenvalue weighted by molar-refractivity contribution is 14.1. The van der Waals surface area contributed by atoms with E-state index in [1.54, 1.807) is 6.92 Å². The van der Waals surface area contributed by atoms with Crippen LogP contribution in [-0.4, -0.2) is 17.6 Å². The van der Waals surface area contributed by atoms with Crippen molar-refractivity contribution >= 4 is 45.8 Å².